The van der Waals surface area contributed by atoms with E-state index in [1.165, 1.54) is 19.2 Å². The SMILES string of the molecule is CCOC(=O)C(O)c1cc(OC)c(C)cc1F. The molecule has 17 heavy (non-hydrogen) atoms. The number of carbonyl (C=O) groups is 1. The average Bonchev–Trinajstić information content (AvgIpc) is 2.29. The molecule has 0 fully saturated rings. The molecule has 1 atom stereocenters. The summed E-state index contributed by atoms with van der Waals surface area (Å²) >= 11 is 0. The summed E-state index contributed by atoms with van der Waals surface area (Å²) < 4.78 is 23.2. The molecule has 0 heterocycles. The molecule has 0 aliphatic heterocycles. The minimum absolute atomic E-state index is 0.126. The van der Waals surface area contributed by atoms with Crippen LogP contribution < -0.4 is 4.74 Å². The third kappa shape index (κ3) is 2.94. The first-order chi connectivity index (χ1) is 8.01. The third-order valence-corrected chi connectivity index (χ3v) is 2.32. The first kappa shape index (κ1) is 13.4. The van der Waals surface area contributed by atoms with E-state index in [0.29, 0.717) is 11.3 Å². The van der Waals surface area contributed by atoms with Gasteiger partial charge in [-0.2, -0.15) is 0 Å². The van der Waals surface area contributed by atoms with Gasteiger partial charge in [0.15, 0.2) is 6.10 Å². The molecule has 0 aromatic heterocycles. The molecule has 1 aromatic rings. The minimum Gasteiger partial charge on any atom is -0.496 e. The highest BCUT2D eigenvalue weighted by Crippen LogP contribution is 2.26. The Balaban J connectivity index is 3.08. The standard InChI is InChI=1S/C12H15FO4/c1-4-17-12(15)11(14)8-6-10(16-3)7(2)5-9(8)13/h5-6,11,14H,4H2,1-3H3. The Morgan fingerprint density at radius 3 is 2.71 bits per heavy atom. The maximum absolute atomic E-state index is 13.6. The summed E-state index contributed by atoms with van der Waals surface area (Å²) in [7, 11) is 1.43. The van der Waals surface area contributed by atoms with Gasteiger partial charge in [0, 0.05) is 5.56 Å². The van der Waals surface area contributed by atoms with Crippen LogP contribution in [-0.4, -0.2) is 24.8 Å². The molecule has 4 nitrogen and oxygen atoms in total. The summed E-state index contributed by atoms with van der Waals surface area (Å²) in [6.07, 6.45) is -1.63. The molecular weight excluding hydrogens is 227 g/mol. The number of hydrogen-bond acceptors (Lipinski definition) is 4. The summed E-state index contributed by atoms with van der Waals surface area (Å²) in [6, 6.07) is 2.50. The lowest BCUT2D eigenvalue weighted by Gasteiger charge is -2.13. The zero-order valence-corrected chi connectivity index (χ0v) is 9.99. The highest BCUT2D eigenvalue weighted by Gasteiger charge is 2.23. The number of hydrogen-bond donors (Lipinski definition) is 1. The highest BCUT2D eigenvalue weighted by atomic mass is 19.1. The number of carbonyl (C=O) groups excluding carboxylic acids is 1. The Morgan fingerprint density at radius 2 is 2.18 bits per heavy atom. The molecule has 1 rings (SSSR count). The van der Waals surface area contributed by atoms with Gasteiger partial charge in [-0.25, -0.2) is 9.18 Å². The van der Waals surface area contributed by atoms with Gasteiger partial charge in [-0.05, 0) is 31.5 Å². The van der Waals surface area contributed by atoms with Crippen molar-refractivity contribution in [3.05, 3.63) is 29.1 Å². The number of benzene rings is 1. The van der Waals surface area contributed by atoms with Crippen LogP contribution in [0.2, 0.25) is 0 Å². The van der Waals surface area contributed by atoms with Crippen LogP contribution in [0.25, 0.3) is 0 Å². The van der Waals surface area contributed by atoms with E-state index in [9.17, 15) is 14.3 Å². The molecule has 1 unspecified atom stereocenters. The summed E-state index contributed by atoms with van der Waals surface area (Å²) in [6.45, 7) is 3.40. The molecule has 0 spiro atoms. The Hall–Kier alpha value is -1.62. The van der Waals surface area contributed by atoms with E-state index in [1.807, 2.05) is 0 Å². The normalized spacial score (nSPS) is 12.1. The molecule has 0 saturated carbocycles. The summed E-state index contributed by atoms with van der Waals surface area (Å²) in [4.78, 5) is 11.3. The number of halogens is 1. The van der Waals surface area contributed by atoms with E-state index in [-0.39, 0.29) is 12.2 Å². The van der Waals surface area contributed by atoms with Crippen molar-refractivity contribution in [2.45, 2.75) is 20.0 Å². The zero-order chi connectivity index (χ0) is 13.0. The molecule has 0 bridgehead atoms. The second-order valence-electron chi connectivity index (χ2n) is 3.50. The number of esters is 1. The first-order valence-corrected chi connectivity index (χ1v) is 5.20. The molecule has 0 saturated heterocycles. The Morgan fingerprint density at radius 1 is 1.53 bits per heavy atom. The van der Waals surface area contributed by atoms with Crippen LogP contribution in [-0.2, 0) is 9.53 Å². The Kier molecular flexibility index (Phi) is 4.45. The minimum atomic E-state index is -1.63. The smallest absolute Gasteiger partial charge is 0.339 e. The number of aliphatic hydroxyl groups is 1. The summed E-state index contributed by atoms with van der Waals surface area (Å²) in [5.74, 6) is -1.13. The zero-order valence-electron chi connectivity index (χ0n) is 9.99. The van der Waals surface area contributed by atoms with E-state index in [4.69, 9.17) is 4.74 Å². The first-order valence-electron chi connectivity index (χ1n) is 5.20. The van der Waals surface area contributed by atoms with Gasteiger partial charge in [0.25, 0.3) is 0 Å². The maximum Gasteiger partial charge on any atom is 0.339 e. The number of ether oxygens (including phenoxy) is 2. The Labute approximate surface area is 99.0 Å². The predicted molar refractivity (Wildman–Crippen MR) is 59.3 cm³/mol. The van der Waals surface area contributed by atoms with Gasteiger partial charge in [-0.1, -0.05) is 0 Å². The second-order valence-corrected chi connectivity index (χ2v) is 3.50. The topological polar surface area (TPSA) is 55.8 Å². The monoisotopic (exact) mass is 242 g/mol. The van der Waals surface area contributed by atoms with Crippen molar-refractivity contribution in [2.24, 2.45) is 0 Å². The molecule has 1 aromatic carbocycles. The van der Waals surface area contributed by atoms with Crippen molar-refractivity contribution >= 4 is 5.97 Å². The lowest BCUT2D eigenvalue weighted by Crippen LogP contribution is -2.16. The fraction of sp³-hybridized carbons (Fsp3) is 0.417. The summed E-state index contributed by atoms with van der Waals surface area (Å²) in [5, 5.41) is 9.64. The van der Waals surface area contributed by atoms with Crippen molar-refractivity contribution < 1.29 is 23.8 Å². The van der Waals surface area contributed by atoms with E-state index >= 15 is 0 Å². The van der Waals surface area contributed by atoms with Gasteiger partial charge in [-0.15, -0.1) is 0 Å². The highest BCUT2D eigenvalue weighted by molar-refractivity contribution is 5.76. The fourth-order valence-corrected chi connectivity index (χ4v) is 1.45. The molecule has 5 heteroatoms. The number of aryl methyl sites for hydroxylation is 1. The lowest BCUT2D eigenvalue weighted by atomic mass is 10.1. The lowest BCUT2D eigenvalue weighted by molar-refractivity contribution is -0.153. The van der Waals surface area contributed by atoms with Gasteiger partial charge in [0.2, 0.25) is 0 Å². The van der Waals surface area contributed by atoms with Crippen LogP contribution in [0.15, 0.2) is 12.1 Å². The maximum atomic E-state index is 13.6. The van der Waals surface area contributed by atoms with Crippen molar-refractivity contribution in [2.75, 3.05) is 13.7 Å². The molecular formula is C12H15FO4. The van der Waals surface area contributed by atoms with Crippen molar-refractivity contribution in [3.63, 3.8) is 0 Å². The third-order valence-electron chi connectivity index (χ3n) is 2.32. The van der Waals surface area contributed by atoms with Crippen LogP contribution in [0.4, 0.5) is 4.39 Å². The quantitative estimate of drug-likeness (QED) is 0.817. The van der Waals surface area contributed by atoms with Gasteiger partial charge < -0.3 is 14.6 Å². The van der Waals surface area contributed by atoms with Crippen LogP contribution in [0.1, 0.15) is 24.2 Å². The largest absolute Gasteiger partial charge is 0.496 e. The molecule has 1 N–H and O–H groups in total. The van der Waals surface area contributed by atoms with Crippen LogP contribution in [0.5, 0.6) is 5.75 Å². The van der Waals surface area contributed by atoms with Crippen LogP contribution in [0, 0.1) is 12.7 Å². The van der Waals surface area contributed by atoms with Gasteiger partial charge >= 0.3 is 5.97 Å². The van der Waals surface area contributed by atoms with Crippen LogP contribution >= 0.6 is 0 Å². The van der Waals surface area contributed by atoms with Crippen molar-refractivity contribution in [1.29, 1.82) is 0 Å². The van der Waals surface area contributed by atoms with E-state index in [0.717, 1.165) is 0 Å². The molecule has 94 valence electrons. The predicted octanol–water partition coefficient (Wildman–Crippen LogP) is 1.74. The summed E-state index contributed by atoms with van der Waals surface area (Å²) in [5.41, 5.74) is 0.440. The van der Waals surface area contributed by atoms with E-state index < -0.39 is 17.9 Å². The van der Waals surface area contributed by atoms with Crippen molar-refractivity contribution in [1.82, 2.24) is 0 Å². The van der Waals surface area contributed by atoms with Gasteiger partial charge in [0.05, 0.1) is 13.7 Å². The number of aliphatic hydroxyl groups excluding tert-OH is 1. The van der Waals surface area contributed by atoms with Gasteiger partial charge in [-0.3, -0.25) is 0 Å². The fourth-order valence-electron chi connectivity index (χ4n) is 1.45. The van der Waals surface area contributed by atoms with Crippen LogP contribution in [0.3, 0.4) is 0 Å². The molecule has 0 amide bonds. The number of methoxy groups -OCH3 is 1. The van der Waals surface area contributed by atoms with E-state index in [1.54, 1.807) is 13.8 Å². The van der Waals surface area contributed by atoms with Gasteiger partial charge in [0.1, 0.15) is 11.6 Å². The Bertz CT molecular complexity index is 417. The second kappa shape index (κ2) is 5.63. The van der Waals surface area contributed by atoms with E-state index in [2.05, 4.69) is 4.74 Å². The molecule has 0 aliphatic carbocycles. The van der Waals surface area contributed by atoms with Crippen molar-refractivity contribution in [3.8, 4) is 5.75 Å². The molecule has 0 aliphatic rings. The molecule has 0 radical (unpaired) electrons. The average molecular weight is 242 g/mol. The number of rotatable bonds is 4.